The number of halogens is 1. The number of primary sulfonamides is 1. The van der Waals surface area contributed by atoms with Crippen LogP contribution in [0.25, 0.3) is 16.9 Å². The second-order valence-electron chi connectivity index (χ2n) is 5.82. The number of nitrogens with zero attached hydrogens (tertiary/aromatic N) is 2. The van der Waals surface area contributed by atoms with Crippen LogP contribution in [-0.4, -0.2) is 24.7 Å². The Morgan fingerprint density at radius 3 is 2.38 bits per heavy atom. The first-order chi connectivity index (χ1) is 12.5. The number of rotatable bonds is 7. The largest absolute Gasteiger partial charge is 0.238 e. The molecule has 0 spiro atoms. The predicted octanol–water partition coefficient (Wildman–Crippen LogP) is 2.86. The normalized spacial score (nSPS) is 11.6. The Balaban J connectivity index is 2.01. The highest BCUT2D eigenvalue weighted by Gasteiger charge is 2.13. The predicted molar refractivity (Wildman–Crippen MR) is 103 cm³/mol. The lowest BCUT2D eigenvalue weighted by Crippen LogP contribution is -2.12. The lowest BCUT2D eigenvalue weighted by molar-refractivity contribution is 0.598. The van der Waals surface area contributed by atoms with Gasteiger partial charge in [0.05, 0.1) is 22.0 Å². The van der Waals surface area contributed by atoms with Gasteiger partial charge in [-0.2, -0.15) is 5.10 Å². The van der Waals surface area contributed by atoms with E-state index in [1.165, 1.54) is 12.1 Å². The highest BCUT2D eigenvalue weighted by Crippen LogP contribution is 2.25. The summed E-state index contributed by atoms with van der Waals surface area (Å²) in [5.74, 6) is 0. The Kier molecular flexibility index (Phi) is 5.73. The molecular formula is C18H19ClN4O2S. The molecular weight excluding hydrogens is 372 g/mol. The van der Waals surface area contributed by atoms with E-state index in [-0.39, 0.29) is 4.90 Å². The minimum Gasteiger partial charge on any atom is -0.234 e. The first kappa shape index (κ1) is 18.6. The topological polar surface area (TPSA) is 90.0 Å². The van der Waals surface area contributed by atoms with Crippen molar-refractivity contribution in [1.82, 2.24) is 14.6 Å². The minimum atomic E-state index is -3.72. The van der Waals surface area contributed by atoms with Gasteiger partial charge in [0.15, 0.2) is 0 Å². The summed E-state index contributed by atoms with van der Waals surface area (Å²) in [4.78, 5) is 2.68. The van der Waals surface area contributed by atoms with E-state index in [9.17, 15) is 8.42 Å². The van der Waals surface area contributed by atoms with Crippen molar-refractivity contribution in [2.24, 2.45) is 5.14 Å². The minimum absolute atomic E-state index is 0.0723. The quantitative estimate of drug-likeness (QED) is 0.479. The van der Waals surface area contributed by atoms with Gasteiger partial charge in [0, 0.05) is 12.1 Å². The number of benzene rings is 2. The van der Waals surface area contributed by atoms with E-state index >= 15 is 0 Å². The number of nitrogens with two attached hydrogens (primary N) is 1. The molecule has 0 fully saturated rings. The van der Waals surface area contributed by atoms with Crippen LogP contribution in [-0.2, 0) is 16.4 Å². The number of nitrogens with one attached hydrogen (secondary N) is 1. The molecule has 3 N–H and O–H groups in total. The molecule has 0 radical (unpaired) electrons. The Morgan fingerprint density at radius 2 is 1.77 bits per heavy atom. The van der Waals surface area contributed by atoms with Crippen molar-refractivity contribution >= 4 is 21.8 Å². The van der Waals surface area contributed by atoms with Gasteiger partial charge >= 0.3 is 0 Å². The summed E-state index contributed by atoms with van der Waals surface area (Å²) >= 11 is 5.51. The van der Waals surface area contributed by atoms with Crippen molar-refractivity contribution in [2.45, 2.75) is 17.7 Å². The second-order valence-corrected chi connectivity index (χ2v) is 7.65. The SMILES string of the molecule is NS(=O)(=O)c1ccc(-n2nc(CCCNCl)cc2-c2ccccc2)cc1. The molecule has 26 heavy (non-hydrogen) atoms. The highest BCUT2D eigenvalue weighted by molar-refractivity contribution is 7.89. The van der Waals surface area contributed by atoms with Gasteiger partial charge in [0.1, 0.15) is 0 Å². The second kappa shape index (κ2) is 8.01. The fourth-order valence-electron chi connectivity index (χ4n) is 2.68. The summed E-state index contributed by atoms with van der Waals surface area (Å²) in [7, 11) is -3.72. The molecule has 0 unspecified atom stereocenters. The van der Waals surface area contributed by atoms with Gasteiger partial charge in [-0.1, -0.05) is 30.3 Å². The molecule has 8 heteroatoms. The molecule has 1 heterocycles. The third-order valence-corrected chi connectivity index (χ3v) is 5.06. The summed E-state index contributed by atoms with van der Waals surface area (Å²) in [5, 5.41) is 9.86. The molecule has 0 aliphatic rings. The smallest absolute Gasteiger partial charge is 0.234 e. The zero-order valence-electron chi connectivity index (χ0n) is 14.0. The van der Waals surface area contributed by atoms with E-state index in [0.717, 1.165) is 35.5 Å². The molecule has 3 aromatic rings. The maximum Gasteiger partial charge on any atom is 0.238 e. The number of hydrogen-bond donors (Lipinski definition) is 2. The summed E-state index contributed by atoms with van der Waals surface area (Å²) < 4.78 is 24.7. The van der Waals surface area contributed by atoms with Crippen molar-refractivity contribution in [3.05, 3.63) is 66.4 Å². The Hall–Kier alpha value is -2.19. The van der Waals surface area contributed by atoms with Crippen LogP contribution in [0, 0.1) is 0 Å². The molecule has 6 nitrogen and oxygen atoms in total. The molecule has 1 aromatic heterocycles. The molecule has 0 aliphatic carbocycles. The fraction of sp³-hybridized carbons (Fsp3) is 0.167. The monoisotopic (exact) mass is 390 g/mol. The fourth-order valence-corrected chi connectivity index (χ4v) is 3.33. The number of aromatic nitrogens is 2. The molecule has 0 amide bonds. The van der Waals surface area contributed by atoms with Crippen molar-refractivity contribution in [1.29, 1.82) is 0 Å². The van der Waals surface area contributed by atoms with E-state index in [1.54, 1.807) is 12.1 Å². The molecule has 0 bridgehead atoms. The first-order valence-electron chi connectivity index (χ1n) is 8.10. The Morgan fingerprint density at radius 1 is 1.08 bits per heavy atom. The number of hydrogen-bond acceptors (Lipinski definition) is 4. The van der Waals surface area contributed by atoms with Gasteiger partial charge < -0.3 is 0 Å². The maximum absolute atomic E-state index is 11.5. The Bertz CT molecular complexity index is 970. The van der Waals surface area contributed by atoms with Gasteiger partial charge in [-0.15, -0.1) is 0 Å². The molecule has 136 valence electrons. The van der Waals surface area contributed by atoms with Crippen LogP contribution in [0.4, 0.5) is 0 Å². The van der Waals surface area contributed by atoms with Crippen LogP contribution in [0.15, 0.2) is 65.6 Å². The van der Waals surface area contributed by atoms with Gasteiger partial charge in [-0.05, 0) is 55.0 Å². The third kappa shape index (κ3) is 4.31. The average molecular weight is 391 g/mol. The standard InChI is InChI=1S/C18H19ClN4O2S/c19-21-12-4-7-15-13-18(14-5-2-1-3-6-14)23(22-15)16-8-10-17(11-9-16)26(20,24)25/h1-3,5-6,8-11,13,21H,4,7,12H2,(H2,20,24,25). The van der Waals surface area contributed by atoms with Crippen LogP contribution >= 0.6 is 11.8 Å². The van der Waals surface area contributed by atoms with Crippen molar-refractivity contribution < 1.29 is 8.42 Å². The summed E-state index contributed by atoms with van der Waals surface area (Å²) in [6.45, 7) is 0.693. The maximum atomic E-state index is 11.5. The van der Waals surface area contributed by atoms with Gasteiger partial charge in [0.25, 0.3) is 0 Å². The Labute approximate surface area is 157 Å². The van der Waals surface area contributed by atoms with E-state index in [1.807, 2.05) is 41.1 Å². The van der Waals surface area contributed by atoms with Gasteiger partial charge in [-0.25, -0.2) is 23.1 Å². The van der Waals surface area contributed by atoms with E-state index in [4.69, 9.17) is 16.9 Å². The van der Waals surface area contributed by atoms with E-state index < -0.39 is 10.0 Å². The molecule has 2 aromatic carbocycles. The molecule has 0 aliphatic heterocycles. The van der Waals surface area contributed by atoms with Crippen LogP contribution in [0.5, 0.6) is 0 Å². The van der Waals surface area contributed by atoms with E-state index in [0.29, 0.717) is 6.54 Å². The third-order valence-electron chi connectivity index (χ3n) is 3.94. The number of aryl methyl sites for hydroxylation is 1. The highest BCUT2D eigenvalue weighted by atomic mass is 35.5. The van der Waals surface area contributed by atoms with Crippen molar-refractivity contribution in [2.75, 3.05) is 6.54 Å². The molecule has 0 atom stereocenters. The van der Waals surface area contributed by atoms with Crippen LogP contribution < -0.4 is 9.97 Å². The molecule has 0 saturated carbocycles. The van der Waals surface area contributed by atoms with Crippen molar-refractivity contribution in [3.8, 4) is 16.9 Å². The lowest BCUT2D eigenvalue weighted by atomic mass is 10.1. The summed E-state index contributed by atoms with van der Waals surface area (Å²) in [6.07, 6.45) is 1.64. The van der Waals surface area contributed by atoms with Crippen LogP contribution in [0.2, 0.25) is 0 Å². The molecule has 3 rings (SSSR count). The van der Waals surface area contributed by atoms with Crippen LogP contribution in [0.1, 0.15) is 12.1 Å². The lowest BCUT2D eigenvalue weighted by Gasteiger charge is -2.08. The van der Waals surface area contributed by atoms with Crippen LogP contribution in [0.3, 0.4) is 0 Å². The number of sulfonamides is 1. The van der Waals surface area contributed by atoms with Gasteiger partial charge in [0.2, 0.25) is 10.0 Å². The zero-order valence-corrected chi connectivity index (χ0v) is 15.5. The average Bonchev–Trinajstić information content (AvgIpc) is 3.06. The summed E-state index contributed by atoms with van der Waals surface area (Å²) in [6, 6.07) is 18.3. The zero-order chi connectivity index (χ0) is 18.6. The summed E-state index contributed by atoms with van der Waals surface area (Å²) in [5.41, 5.74) is 3.66. The first-order valence-corrected chi connectivity index (χ1v) is 10.0. The van der Waals surface area contributed by atoms with E-state index in [2.05, 4.69) is 9.93 Å². The van der Waals surface area contributed by atoms with Crippen molar-refractivity contribution in [3.63, 3.8) is 0 Å². The molecule has 0 saturated heterocycles. The van der Waals surface area contributed by atoms with Gasteiger partial charge in [-0.3, -0.25) is 0 Å².